The molecule has 2 rings (SSSR count). The van der Waals surface area contributed by atoms with E-state index in [0.717, 1.165) is 32.4 Å². The Morgan fingerprint density at radius 3 is 2.50 bits per heavy atom. The van der Waals surface area contributed by atoms with E-state index in [4.69, 9.17) is 5.73 Å². The fourth-order valence-electron chi connectivity index (χ4n) is 2.78. The summed E-state index contributed by atoms with van der Waals surface area (Å²) in [5.74, 6) is 0.588. The number of rotatable bonds is 5. The van der Waals surface area contributed by atoms with Crippen LogP contribution >= 0.6 is 0 Å². The van der Waals surface area contributed by atoms with Crippen LogP contribution in [0.15, 0.2) is 0 Å². The van der Waals surface area contributed by atoms with Crippen LogP contribution in [0, 0.1) is 11.3 Å². The molecular weight excluding hydrogens is 200 g/mol. The summed E-state index contributed by atoms with van der Waals surface area (Å²) in [6.07, 6.45) is 9.51. The second-order valence-corrected chi connectivity index (χ2v) is 5.59. The molecule has 2 fully saturated rings. The van der Waals surface area contributed by atoms with Crippen LogP contribution in [0.5, 0.6) is 0 Å². The molecule has 0 aromatic carbocycles. The smallest absolute Gasteiger partial charge is 0.223 e. The lowest BCUT2D eigenvalue weighted by atomic mass is 9.88. The molecule has 0 spiro atoms. The summed E-state index contributed by atoms with van der Waals surface area (Å²) in [5.41, 5.74) is 5.97. The average molecular weight is 224 g/mol. The maximum absolute atomic E-state index is 11.9. The van der Waals surface area contributed by atoms with Crippen molar-refractivity contribution in [3.05, 3.63) is 0 Å². The molecule has 3 heteroatoms. The number of nitrogens with one attached hydrogen (secondary N) is 1. The number of amides is 1. The van der Waals surface area contributed by atoms with E-state index >= 15 is 0 Å². The van der Waals surface area contributed by atoms with Gasteiger partial charge in [0.2, 0.25) is 5.91 Å². The molecule has 0 aromatic rings. The molecule has 2 aliphatic rings. The zero-order valence-electron chi connectivity index (χ0n) is 10.1. The lowest BCUT2D eigenvalue weighted by Crippen LogP contribution is -2.36. The van der Waals surface area contributed by atoms with Gasteiger partial charge in [-0.3, -0.25) is 4.79 Å². The Kier molecular flexibility index (Phi) is 3.85. The largest absolute Gasteiger partial charge is 0.355 e. The Balaban J connectivity index is 1.70. The second kappa shape index (κ2) is 5.17. The lowest BCUT2D eigenvalue weighted by molar-refractivity contribution is -0.126. The highest BCUT2D eigenvalue weighted by Gasteiger charge is 2.41. The van der Waals surface area contributed by atoms with Gasteiger partial charge in [0.15, 0.2) is 0 Å². The molecule has 0 aromatic heterocycles. The van der Waals surface area contributed by atoms with Gasteiger partial charge in [0.05, 0.1) is 0 Å². The predicted octanol–water partition coefficient (Wildman–Crippen LogP) is 1.81. The van der Waals surface area contributed by atoms with E-state index in [2.05, 4.69) is 5.32 Å². The standard InChI is InChI=1S/C13H24N2O/c14-9-8-13(6-7-13)10-15-12(16)11-4-2-1-3-5-11/h11H,1-10,14H2,(H,15,16). The van der Waals surface area contributed by atoms with E-state index in [-0.39, 0.29) is 0 Å². The summed E-state index contributed by atoms with van der Waals surface area (Å²) in [5, 5.41) is 3.15. The normalized spacial score (nSPS) is 24.1. The SMILES string of the molecule is NCCC1(CNC(=O)C2CCCCC2)CC1. The second-order valence-electron chi connectivity index (χ2n) is 5.59. The zero-order chi connectivity index (χ0) is 11.4. The fourth-order valence-corrected chi connectivity index (χ4v) is 2.78. The molecule has 2 aliphatic carbocycles. The minimum atomic E-state index is 0.294. The van der Waals surface area contributed by atoms with E-state index in [1.54, 1.807) is 0 Å². The molecular formula is C13H24N2O. The van der Waals surface area contributed by atoms with Gasteiger partial charge in [0, 0.05) is 12.5 Å². The van der Waals surface area contributed by atoms with Crippen molar-refractivity contribution in [1.82, 2.24) is 5.32 Å². The summed E-state index contributed by atoms with van der Waals surface area (Å²) in [7, 11) is 0. The van der Waals surface area contributed by atoms with E-state index in [1.807, 2.05) is 0 Å². The predicted molar refractivity (Wildman–Crippen MR) is 64.9 cm³/mol. The van der Waals surface area contributed by atoms with Crippen molar-refractivity contribution < 1.29 is 4.79 Å². The Hall–Kier alpha value is -0.570. The highest BCUT2D eigenvalue weighted by atomic mass is 16.1. The van der Waals surface area contributed by atoms with Gasteiger partial charge in [0.25, 0.3) is 0 Å². The molecule has 1 amide bonds. The van der Waals surface area contributed by atoms with Crippen LogP contribution in [0.2, 0.25) is 0 Å². The molecule has 0 saturated heterocycles. The Bertz CT molecular complexity index is 242. The summed E-state index contributed by atoms with van der Waals surface area (Å²) >= 11 is 0. The molecule has 0 radical (unpaired) electrons. The van der Waals surface area contributed by atoms with E-state index in [9.17, 15) is 4.79 Å². The summed E-state index contributed by atoms with van der Waals surface area (Å²) in [6, 6.07) is 0. The first kappa shape index (κ1) is 11.9. The van der Waals surface area contributed by atoms with Gasteiger partial charge in [0.1, 0.15) is 0 Å². The van der Waals surface area contributed by atoms with Crippen molar-refractivity contribution >= 4 is 5.91 Å². The Morgan fingerprint density at radius 1 is 1.25 bits per heavy atom. The Morgan fingerprint density at radius 2 is 1.94 bits per heavy atom. The van der Waals surface area contributed by atoms with E-state index < -0.39 is 0 Å². The van der Waals surface area contributed by atoms with Crippen LogP contribution < -0.4 is 11.1 Å². The van der Waals surface area contributed by atoms with Crippen molar-refractivity contribution in [1.29, 1.82) is 0 Å². The number of carbonyl (C=O) groups is 1. The average Bonchev–Trinajstić information content (AvgIpc) is 3.08. The molecule has 0 heterocycles. The molecule has 2 saturated carbocycles. The van der Waals surface area contributed by atoms with Crippen LogP contribution in [0.3, 0.4) is 0 Å². The first-order valence-corrected chi connectivity index (χ1v) is 6.74. The third kappa shape index (κ3) is 2.97. The Labute approximate surface area is 98.2 Å². The summed E-state index contributed by atoms with van der Waals surface area (Å²) < 4.78 is 0. The van der Waals surface area contributed by atoms with Gasteiger partial charge < -0.3 is 11.1 Å². The van der Waals surface area contributed by atoms with Gasteiger partial charge in [-0.05, 0) is 44.1 Å². The molecule has 3 N–H and O–H groups in total. The van der Waals surface area contributed by atoms with Crippen LogP contribution in [0.4, 0.5) is 0 Å². The molecule has 0 unspecified atom stereocenters. The first-order valence-electron chi connectivity index (χ1n) is 6.74. The van der Waals surface area contributed by atoms with Crippen molar-refractivity contribution in [2.24, 2.45) is 17.1 Å². The molecule has 16 heavy (non-hydrogen) atoms. The van der Waals surface area contributed by atoms with Crippen LogP contribution in [-0.2, 0) is 4.79 Å². The fraction of sp³-hybridized carbons (Fsp3) is 0.923. The van der Waals surface area contributed by atoms with E-state index in [1.165, 1.54) is 32.1 Å². The number of hydrogen-bond acceptors (Lipinski definition) is 2. The minimum absolute atomic E-state index is 0.294. The maximum Gasteiger partial charge on any atom is 0.223 e. The van der Waals surface area contributed by atoms with Crippen LogP contribution in [0.1, 0.15) is 51.4 Å². The van der Waals surface area contributed by atoms with E-state index in [0.29, 0.717) is 17.2 Å². The molecule has 3 nitrogen and oxygen atoms in total. The van der Waals surface area contributed by atoms with Gasteiger partial charge >= 0.3 is 0 Å². The summed E-state index contributed by atoms with van der Waals surface area (Å²) in [4.78, 5) is 11.9. The van der Waals surface area contributed by atoms with Gasteiger partial charge in [-0.1, -0.05) is 19.3 Å². The highest BCUT2D eigenvalue weighted by Crippen LogP contribution is 2.47. The monoisotopic (exact) mass is 224 g/mol. The van der Waals surface area contributed by atoms with Gasteiger partial charge in [-0.25, -0.2) is 0 Å². The van der Waals surface area contributed by atoms with Crippen molar-refractivity contribution in [3.8, 4) is 0 Å². The number of carbonyl (C=O) groups excluding carboxylic acids is 1. The molecule has 0 bridgehead atoms. The maximum atomic E-state index is 11.9. The molecule has 0 atom stereocenters. The van der Waals surface area contributed by atoms with Crippen LogP contribution in [0.25, 0.3) is 0 Å². The van der Waals surface area contributed by atoms with Gasteiger partial charge in [-0.15, -0.1) is 0 Å². The first-order chi connectivity index (χ1) is 7.76. The minimum Gasteiger partial charge on any atom is -0.355 e. The van der Waals surface area contributed by atoms with Crippen molar-refractivity contribution in [3.63, 3.8) is 0 Å². The third-order valence-electron chi connectivity index (χ3n) is 4.25. The zero-order valence-corrected chi connectivity index (χ0v) is 10.1. The quantitative estimate of drug-likeness (QED) is 0.748. The van der Waals surface area contributed by atoms with Crippen molar-refractivity contribution in [2.75, 3.05) is 13.1 Å². The highest BCUT2D eigenvalue weighted by molar-refractivity contribution is 5.78. The summed E-state index contributed by atoms with van der Waals surface area (Å²) in [6.45, 7) is 1.61. The lowest BCUT2D eigenvalue weighted by Gasteiger charge is -2.22. The third-order valence-corrected chi connectivity index (χ3v) is 4.25. The topological polar surface area (TPSA) is 55.1 Å². The van der Waals surface area contributed by atoms with Crippen molar-refractivity contribution in [2.45, 2.75) is 51.4 Å². The van der Waals surface area contributed by atoms with Crippen LogP contribution in [-0.4, -0.2) is 19.0 Å². The molecule has 0 aliphatic heterocycles. The number of nitrogens with two attached hydrogens (primary N) is 1. The molecule has 92 valence electrons. The number of hydrogen-bond donors (Lipinski definition) is 2. The van der Waals surface area contributed by atoms with Gasteiger partial charge in [-0.2, -0.15) is 0 Å².